The standard InChI is InChI=1S/C13H23N3O2S/c1-7(2)18-10-11(14)16-19-12(10)15-8-6-9(17-5)13(8,3)4/h7-9,15H,6H2,1-5H3,(H2,14,16). The molecular weight excluding hydrogens is 262 g/mol. The monoisotopic (exact) mass is 285 g/mol. The van der Waals surface area contributed by atoms with Crippen LogP contribution in [-0.2, 0) is 4.74 Å². The first-order chi connectivity index (χ1) is 8.86. The first-order valence-corrected chi connectivity index (χ1v) is 7.34. The van der Waals surface area contributed by atoms with Crippen LogP contribution in [0.5, 0.6) is 5.75 Å². The van der Waals surface area contributed by atoms with Gasteiger partial charge in [0.25, 0.3) is 0 Å². The van der Waals surface area contributed by atoms with Crippen molar-refractivity contribution in [2.24, 2.45) is 5.41 Å². The molecule has 108 valence electrons. The van der Waals surface area contributed by atoms with E-state index in [0.29, 0.717) is 23.7 Å². The maximum absolute atomic E-state index is 5.86. The fourth-order valence-electron chi connectivity index (χ4n) is 2.42. The van der Waals surface area contributed by atoms with Gasteiger partial charge in [-0.15, -0.1) is 0 Å². The number of anilines is 2. The van der Waals surface area contributed by atoms with Gasteiger partial charge in [0, 0.05) is 18.6 Å². The fraction of sp³-hybridized carbons (Fsp3) is 0.769. The minimum absolute atomic E-state index is 0.0837. The largest absolute Gasteiger partial charge is 0.484 e. The molecule has 2 rings (SSSR count). The molecule has 1 saturated carbocycles. The highest BCUT2D eigenvalue weighted by atomic mass is 32.1. The second-order valence-electron chi connectivity index (χ2n) is 5.87. The van der Waals surface area contributed by atoms with Crippen molar-refractivity contribution >= 4 is 22.4 Å². The van der Waals surface area contributed by atoms with E-state index in [1.165, 1.54) is 11.5 Å². The van der Waals surface area contributed by atoms with Crippen LogP contribution in [0, 0.1) is 5.41 Å². The third kappa shape index (κ3) is 2.65. The molecular formula is C13H23N3O2S. The SMILES string of the molecule is COC1CC(Nc2snc(N)c2OC(C)C)C1(C)C. The summed E-state index contributed by atoms with van der Waals surface area (Å²) in [7, 11) is 1.76. The summed E-state index contributed by atoms with van der Waals surface area (Å²) in [5.74, 6) is 1.14. The Balaban J connectivity index is 2.09. The summed E-state index contributed by atoms with van der Waals surface area (Å²) in [6.45, 7) is 8.37. The molecule has 1 aromatic rings. The van der Waals surface area contributed by atoms with Crippen molar-refractivity contribution in [3.05, 3.63) is 0 Å². The summed E-state index contributed by atoms with van der Waals surface area (Å²) < 4.78 is 15.4. The van der Waals surface area contributed by atoms with Crippen LogP contribution in [0.3, 0.4) is 0 Å². The zero-order valence-electron chi connectivity index (χ0n) is 12.2. The first kappa shape index (κ1) is 14.4. The fourth-order valence-corrected chi connectivity index (χ4v) is 3.13. The number of methoxy groups -OCH3 is 1. The number of rotatable bonds is 5. The van der Waals surface area contributed by atoms with E-state index in [1.807, 2.05) is 13.8 Å². The highest BCUT2D eigenvalue weighted by molar-refractivity contribution is 7.11. The summed E-state index contributed by atoms with van der Waals surface area (Å²) in [6, 6.07) is 0.354. The maximum Gasteiger partial charge on any atom is 0.197 e. The van der Waals surface area contributed by atoms with E-state index in [9.17, 15) is 0 Å². The van der Waals surface area contributed by atoms with Crippen LogP contribution in [0.4, 0.5) is 10.8 Å². The molecule has 0 radical (unpaired) electrons. The molecule has 1 heterocycles. The van der Waals surface area contributed by atoms with Crippen LogP contribution in [0.2, 0.25) is 0 Å². The molecule has 5 nitrogen and oxygen atoms in total. The van der Waals surface area contributed by atoms with E-state index in [2.05, 4.69) is 23.5 Å². The van der Waals surface area contributed by atoms with Crippen molar-refractivity contribution in [2.45, 2.75) is 52.4 Å². The Kier molecular flexibility index (Phi) is 3.92. The van der Waals surface area contributed by atoms with Gasteiger partial charge < -0.3 is 20.5 Å². The van der Waals surface area contributed by atoms with Crippen molar-refractivity contribution in [1.82, 2.24) is 4.37 Å². The molecule has 1 fully saturated rings. The van der Waals surface area contributed by atoms with Gasteiger partial charge in [0.1, 0.15) is 0 Å². The molecule has 0 amide bonds. The predicted octanol–water partition coefficient (Wildman–Crippen LogP) is 2.74. The number of nitrogens with two attached hydrogens (primary N) is 1. The van der Waals surface area contributed by atoms with Crippen LogP contribution in [0.15, 0.2) is 0 Å². The number of nitrogens with zero attached hydrogens (tertiary/aromatic N) is 1. The van der Waals surface area contributed by atoms with Crippen LogP contribution < -0.4 is 15.8 Å². The number of hydrogen-bond donors (Lipinski definition) is 2. The smallest absolute Gasteiger partial charge is 0.197 e. The van der Waals surface area contributed by atoms with Crippen LogP contribution in [0.25, 0.3) is 0 Å². The Morgan fingerprint density at radius 1 is 1.47 bits per heavy atom. The Hall–Kier alpha value is -1.01. The van der Waals surface area contributed by atoms with E-state index >= 15 is 0 Å². The Morgan fingerprint density at radius 3 is 2.68 bits per heavy atom. The first-order valence-electron chi connectivity index (χ1n) is 6.57. The second-order valence-corrected chi connectivity index (χ2v) is 6.64. The average molecular weight is 285 g/mol. The molecule has 0 bridgehead atoms. The van der Waals surface area contributed by atoms with E-state index in [4.69, 9.17) is 15.2 Å². The summed E-state index contributed by atoms with van der Waals surface area (Å²) in [5, 5.41) is 4.41. The van der Waals surface area contributed by atoms with Gasteiger partial charge in [0.05, 0.1) is 12.2 Å². The molecule has 2 atom stereocenters. The molecule has 1 aliphatic rings. The van der Waals surface area contributed by atoms with E-state index in [0.717, 1.165) is 11.4 Å². The van der Waals surface area contributed by atoms with Crippen LogP contribution in [-0.4, -0.2) is 29.7 Å². The van der Waals surface area contributed by atoms with Gasteiger partial charge in [-0.1, -0.05) is 13.8 Å². The van der Waals surface area contributed by atoms with E-state index in [1.54, 1.807) is 7.11 Å². The predicted molar refractivity (Wildman–Crippen MR) is 78.9 cm³/mol. The Labute approximate surface area is 118 Å². The highest BCUT2D eigenvalue weighted by Crippen LogP contribution is 2.46. The lowest BCUT2D eigenvalue weighted by atomic mass is 9.64. The zero-order valence-corrected chi connectivity index (χ0v) is 13.0. The van der Waals surface area contributed by atoms with Crippen molar-refractivity contribution in [2.75, 3.05) is 18.2 Å². The molecule has 3 N–H and O–H groups in total. The van der Waals surface area contributed by atoms with Crippen molar-refractivity contribution in [3.8, 4) is 5.75 Å². The Bertz CT molecular complexity index is 445. The van der Waals surface area contributed by atoms with Gasteiger partial charge in [-0.25, -0.2) is 0 Å². The van der Waals surface area contributed by atoms with Gasteiger partial charge in [-0.3, -0.25) is 0 Å². The molecule has 1 aliphatic carbocycles. The third-order valence-corrected chi connectivity index (χ3v) is 4.57. The molecule has 19 heavy (non-hydrogen) atoms. The highest BCUT2D eigenvalue weighted by Gasteiger charge is 2.49. The van der Waals surface area contributed by atoms with Gasteiger partial charge in [0.2, 0.25) is 0 Å². The number of nitrogen functional groups attached to an aromatic ring is 1. The number of nitrogens with one attached hydrogen (secondary N) is 1. The minimum atomic E-state index is 0.0837. The van der Waals surface area contributed by atoms with Crippen molar-refractivity contribution in [3.63, 3.8) is 0 Å². The summed E-state index contributed by atoms with van der Waals surface area (Å²) in [4.78, 5) is 0. The number of ether oxygens (including phenoxy) is 2. The van der Waals surface area contributed by atoms with E-state index in [-0.39, 0.29) is 11.5 Å². The second kappa shape index (κ2) is 5.17. The molecule has 2 unspecified atom stereocenters. The molecule has 0 aromatic carbocycles. The zero-order chi connectivity index (χ0) is 14.2. The molecule has 0 saturated heterocycles. The van der Waals surface area contributed by atoms with Crippen molar-refractivity contribution in [1.29, 1.82) is 0 Å². The van der Waals surface area contributed by atoms with Crippen LogP contribution in [0.1, 0.15) is 34.1 Å². The van der Waals surface area contributed by atoms with Gasteiger partial charge >= 0.3 is 0 Å². The van der Waals surface area contributed by atoms with Gasteiger partial charge in [-0.05, 0) is 31.8 Å². The lowest BCUT2D eigenvalue weighted by Crippen LogP contribution is -2.57. The lowest BCUT2D eigenvalue weighted by Gasteiger charge is -2.51. The summed E-state index contributed by atoms with van der Waals surface area (Å²) in [5.41, 5.74) is 5.96. The number of hydrogen-bond acceptors (Lipinski definition) is 6. The normalized spacial score (nSPS) is 25.2. The summed E-state index contributed by atoms with van der Waals surface area (Å²) in [6.07, 6.45) is 1.37. The topological polar surface area (TPSA) is 69.4 Å². The maximum atomic E-state index is 5.86. The average Bonchev–Trinajstić information content (AvgIpc) is 2.65. The van der Waals surface area contributed by atoms with E-state index < -0.39 is 0 Å². The van der Waals surface area contributed by atoms with Crippen molar-refractivity contribution < 1.29 is 9.47 Å². The molecule has 1 aromatic heterocycles. The van der Waals surface area contributed by atoms with Gasteiger partial charge in [-0.2, -0.15) is 4.37 Å². The molecule has 0 spiro atoms. The Morgan fingerprint density at radius 2 is 2.16 bits per heavy atom. The number of aromatic nitrogens is 1. The molecule has 0 aliphatic heterocycles. The van der Waals surface area contributed by atoms with Gasteiger partial charge in [0.15, 0.2) is 16.6 Å². The quantitative estimate of drug-likeness (QED) is 0.870. The third-order valence-electron chi connectivity index (χ3n) is 3.80. The van der Waals surface area contributed by atoms with Crippen LogP contribution >= 0.6 is 11.5 Å². The minimum Gasteiger partial charge on any atom is -0.484 e. The lowest BCUT2D eigenvalue weighted by molar-refractivity contribution is -0.0794. The summed E-state index contributed by atoms with van der Waals surface area (Å²) >= 11 is 1.35. The molecule has 6 heteroatoms.